The molecule has 20 heavy (non-hydrogen) atoms. The number of benzene rings is 1. The normalized spacial score (nSPS) is 11.8. The Kier molecular flexibility index (Phi) is 4.11. The minimum absolute atomic E-state index is 0.0523. The van der Waals surface area contributed by atoms with Crippen molar-refractivity contribution in [3.05, 3.63) is 42.1 Å². The number of nitrogens with one attached hydrogen (secondary N) is 1. The molecule has 0 saturated heterocycles. The van der Waals surface area contributed by atoms with E-state index in [0.717, 1.165) is 5.56 Å². The number of aliphatic carboxylic acids is 1. The molecule has 0 unspecified atom stereocenters. The average Bonchev–Trinajstić information content (AvgIpc) is 2.95. The van der Waals surface area contributed by atoms with Crippen molar-refractivity contribution in [2.24, 2.45) is 0 Å². The molecule has 1 aromatic heterocycles. The zero-order valence-electron chi connectivity index (χ0n) is 10.3. The van der Waals surface area contributed by atoms with E-state index in [1.165, 1.54) is 6.07 Å². The summed E-state index contributed by atoms with van der Waals surface area (Å²) < 4.78 is 5.03. The molecule has 0 aliphatic heterocycles. The fourth-order valence-electron chi connectivity index (χ4n) is 1.54. The second-order valence-electron chi connectivity index (χ2n) is 3.99. The summed E-state index contributed by atoms with van der Waals surface area (Å²) in [7, 11) is 0. The van der Waals surface area contributed by atoms with Crippen molar-refractivity contribution < 1.29 is 24.3 Å². The van der Waals surface area contributed by atoms with Crippen LogP contribution >= 0.6 is 0 Å². The quantitative estimate of drug-likeness (QED) is 0.733. The topological polar surface area (TPSA) is 113 Å². The Bertz CT molecular complexity index is 608. The van der Waals surface area contributed by atoms with Gasteiger partial charge in [-0.15, -0.1) is 0 Å². The molecule has 0 radical (unpaired) electrons. The maximum atomic E-state index is 11.8. The van der Waals surface area contributed by atoms with Gasteiger partial charge in [0, 0.05) is 11.6 Å². The molecule has 0 fully saturated rings. The molecule has 2 rings (SSSR count). The number of aliphatic hydroxyl groups excluding tert-OH is 1. The highest BCUT2D eigenvalue weighted by Gasteiger charge is 2.21. The molecule has 1 amide bonds. The maximum absolute atomic E-state index is 11.8. The molecular formula is C13H12N2O5. The first-order valence-electron chi connectivity index (χ1n) is 5.78. The van der Waals surface area contributed by atoms with Gasteiger partial charge in [0.15, 0.2) is 17.5 Å². The molecule has 104 valence electrons. The Hall–Kier alpha value is -2.67. The molecule has 0 bridgehead atoms. The van der Waals surface area contributed by atoms with Crippen LogP contribution in [0.15, 0.2) is 40.9 Å². The van der Waals surface area contributed by atoms with Gasteiger partial charge in [0.25, 0.3) is 5.91 Å². The van der Waals surface area contributed by atoms with Crippen molar-refractivity contribution in [3.63, 3.8) is 0 Å². The van der Waals surface area contributed by atoms with Crippen LogP contribution in [-0.4, -0.2) is 39.9 Å². The number of nitrogens with zero attached hydrogens (tertiary/aromatic N) is 1. The van der Waals surface area contributed by atoms with Gasteiger partial charge in [0.1, 0.15) is 0 Å². The van der Waals surface area contributed by atoms with Crippen molar-refractivity contribution >= 4 is 11.9 Å². The van der Waals surface area contributed by atoms with Gasteiger partial charge in [0.2, 0.25) is 0 Å². The first-order chi connectivity index (χ1) is 9.61. The molecule has 0 spiro atoms. The van der Waals surface area contributed by atoms with E-state index in [9.17, 15) is 9.59 Å². The second kappa shape index (κ2) is 5.98. The van der Waals surface area contributed by atoms with Crippen LogP contribution in [0.4, 0.5) is 0 Å². The molecule has 7 heteroatoms. The molecule has 0 aliphatic carbocycles. The number of carbonyl (C=O) groups excluding carboxylic acids is 1. The summed E-state index contributed by atoms with van der Waals surface area (Å²) in [4.78, 5) is 22.5. The van der Waals surface area contributed by atoms with Crippen LogP contribution in [0, 0.1) is 0 Å². The van der Waals surface area contributed by atoms with Crippen LogP contribution in [0.5, 0.6) is 0 Å². The number of aliphatic hydroxyl groups is 1. The number of amides is 1. The number of hydrogen-bond acceptors (Lipinski definition) is 5. The summed E-state index contributed by atoms with van der Waals surface area (Å²) in [6.45, 7) is -0.704. The van der Waals surface area contributed by atoms with Crippen LogP contribution < -0.4 is 5.32 Å². The van der Waals surface area contributed by atoms with Crippen LogP contribution in [0.2, 0.25) is 0 Å². The van der Waals surface area contributed by atoms with E-state index in [4.69, 9.17) is 14.7 Å². The molecule has 7 nitrogen and oxygen atoms in total. The van der Waals surface area contributed by atoms with E-state index in [1.807, 2.05) is 18.2 Å². The number of carboxylic acid groups (broad SMARTS) is 1. The lowest BCUT2D eigenvalue weighted by Gasteiger charge is -2.09. The molecule has 0 saturated carbocycles. The highest BCUT2D eigenvalue weighted by molar-refractivity contribution is 5.95. The summed E-state index contributed by atoms with van der Waals surface area (Å²) in [5, 5.41) is 23.3. The van der Waals surface area contributed by atoms with Crippen molar-refractivity contribution in [2.45, 2.75) is 6.04 Å². The van der Waals surface area contributed by atoms with Crippen LogP contribution in [0.1, 0.15) is 10.5 Å². The first kappa shape index (κ1) is 13.8. The highest BCUT2D eigenvalue weighted by Crippen LogP contribution is 2.19. The van der Waals surface area contributed by atoms with Crippen LogP contribution in [0.3, 0.4) is 0 Å². The van der Waals surface area contributed by atoms with Crippen LogP contribution in [-0.2, 0) is 4.79 Å². The van der Waals surface area contributed by atoms with Crippen molar-refractivity contribution in [1.29, 1.82) is 0 Å². The van der Waals surface area contributed by atoms with E-state index < -0.39 is 24.5 Å². The monoisotopic (exact) mass is 276 g/mol. The third kappa shape index (κ3) is 3.01. The molecule has 3 N–H and O–H groups in total. The second-order valence-corrected chi connectivity index (χ2v) is 3.99. The lowest BCUT2D eigenvalue weighted by molar-refractivity contribution is -0.140. The van der Waals surface area contributed by atoms with E-state index in [-0.39, 0.29) is 5.69 Å². The fourth-order valence-corrected chi connectivity index (χ4v) is 1.54. The first-order valence-corrected chi connectivity index (χ1v) is 5.78. The fraction of sp³-hybridized carbons (Fsp3) is 0.154. The Morgan fingerprint density at radius 2 is 2.00 bits per heavy atom. The van der Waals surface area contributed by atoms with E-state index in [0.29, 0.717) is 5.76 Å². The average molecular weight is 276 g/mol. The highest BCUT2D eigenvalue weighted by atomic mass is 16.5. The summed E-state index contributed by atoms with van der Waals surface area (Å²) in [5.74, 6) is -1.66. The van der Waals surface area contributed by atoms with Crippen molar-refractivity contribution in [3.8, 4) is 11.3 Å². The minimum atomic E-state index is -1.38. The lowest BCUT2D eigenvalue weighted by atomic mass is 10.1. The van der Waals surface area contributed by atoms with Gasteiger partial charge in [-0.2, -0.15) is 0 Å². The standard InChI is InChI=1S/C13H12N2O5/c16-7-10(13(18)19)14-12(17)9-6-11(20-15-9)8-4-2-1-3-5-8/h1-6,10,16H,7H2,(H,14,17)(H,18,19)/t10-/m0/s1. The lowest BCUT2D eigenvalue weighted by Crippen LogP contribution is -2.43. The van der Waals surface area contributed by atoms with Gasteiger partial charge in [-0.1, -0.05) is 35.5 Å². The molecule has 1 heterocycles. The largest absolute Gasteiger partial charge is 0.480 e. The zero-order valence-corrected chi connectivity index (χ0v) is 10.3. The Labute approximate surface area is 113 Å². The van der Waals surface area contributed by atoms with Gasteiger partial charge < -0.3 is 20.1 Å². The smallest absolute Gasteiger partial charge is 0.328 e. The zero-order chi connectivity index (χ0) is 14.5. The Balaban J connectivity index is 2.13. The molecule has 1 atom stereocenters. The van der Waals surface area contributed by atoms with Gasteiger partial charge in [0.05, 0.1) is 6.61 Å². The molecule has 2 aromatic rings. The van der Waals surface area contributed by atoms with Crippen molar-refractivity contribution in [2.75, 3.05) is 6.61 Å². The van der Waals surface area contributed by atoms with Gasteiger partial charge >= 0.3 is 5.97 Å². The number of hydrogen-bond donors (Lipinski definition) is 3. The van der Waals surface area contributed by atoms with E-state index in [2.05, 4.69) is 10.5 Å². The number of rotatable bonds is 5. The summed E-state index contributed by atoms with van der Waals surface area (Å²) in [6.07, 6.45) is 0. The van der Waals surface area contributed by atoms with E-state index >= 15 is 0 Å². The minimum Gasteiger partial charge on any atom is -0.480 e. The molecule has 0 aliphatic rings. The van der Waals surface area contributed by atoms with Gasteiger partial charge in [-0.05, 0) is 0 Å². The SMILES string of the molecule is O=C(N[C@@H](CO)C(=O)O)c1cc(-c2ccccc2)on1. The summed E-state index contributed by atoms with van der Waals surface area (Å²) >= 11 is 0. The van der Waals surface area contributed by atoms with Gasteiger partial charge in [-0.25, -0.2) is 4.79 Å². The number of carbonyl (C=O) groups is 2. The third-order valence-corrected chi connectivity index (χ3v) is 2.59. The number of aromatic nitrogens is 1. The summed E-state index contributed by atoms with van der Waals surface area (Å²) in [6, 6.07) is 9.06. The maximum Gasteiger partial charge on any atom is 0.328 e. The van der Waals surface area contributed by atoms with Crippen molar-refractivity contribution in [1.82, 2.24) is 10.5 Å². The Morgan fingerprint density at radius 1 is 1.30 bits per heavy atom. The number of carboxylic acids is 1. The third-order valence-electron chi connectivity index (χ3n) is 2.59. The predicted molar refractivity (Wildman–Crippen MR) is 67.9 cm³/mol. The summed E-state index contributed by atoms with van der Waals surface area (Å²) in [5.41, 5.74) is 0.694. The Morgan fingerprint density at radius 3 is 2.60 bits per heavy atom. The molecule has 1 aromatic carbocycles. The van der Waals surface area contributed by atoms with Crippen LogP contribution in [0.25, 0.3) is 11.3 Å². The predicted octanol–water partition coefficient (Wildman–Crippen LogP) is 0.517. The van der Waals surface area contributed by atoms with Gasteiger partial charge in [-0.3, -0.25) is 4.79 Å². The molecular weight excluding hydrogens is 264 g/mol. The van der Waals surface area contributed by atoms with E-state index in [1.54, 1.807) is 12.1 Å².